The van der Waals surface area contributed by atoms with Crippen LogP contribution < -0.4 is 21.9 Å². The summed E-state index contributed by atoms with van der Waals surface area (Å²) in [4.78, 5) is 0. The van der Waals surface area contributed by atoms with Gasteiger partial charge in [-0.05, 0) is 0 Å². The van der Waals surface area contributed by atoms with Crippen molar-refractivity contribution < 1.29 is 32.7 Å². The van der Waals surface area contributed by atoms with Gasteiger partial charge in [-0.3, -0.25) is 0 Å². The Hall–Kier alpha value is -1.95. The van der Waals surface area contributed by atoms with Crippen LogP contribution in [0.2, 0.25) is 0 Å². The Morgan fingerprint density at radius 3 is 0.583 bits per heavy atom. The third-order valence-corrected chi connectivity index (χ3v) is 5.20. The van der Waals surface area contributed by atoms with Gasteiger partial charge in [-0.15, -0.1) is 0 Å². The maximum Gasteiger partial charge on any atom is 0.108 e. The Balaban J connectivity index is -0.000000426. The minimum Gasteiger partial charge on any atom is -0.358 e. The quantitative estimate of drug-likeness (QED) is 0.176. The van der Waals surface area contributed by atoms with Crippen molar-refractivity contribution in [2.45, 2.75) is 55.4 Å². The van der Waals surface area contributed by atoms with Crippen LogP contribution in [0.25, 0.3) is 0 Å². The molecule has 0 saturated carbocycles. The van der Waals surface area contributed by atoms with Gasteiger partial charge in [0, 0.05) is 32.7 Å². The van der Waals surface area contributed by atoms with E-state index in [1.54, 1.807) is 0 Å². The molecule has 1 radical (unpaired) electrons. The summed E-state index contributed by atoms with van der Waals surface area (Å²) >= 11 is 0. The summed E-state index contributed by atoms with van der Waals surface area (Å²) in [5, 5.41) is 0. The van der Waals surface area contributed by atoms with Gasteiger partial charge in [-0.1, -0.05) is 177 Å². The van der Waals surface area contributed by atoms with Gasteiger partial charge >= 0.3 is 0 Å². The molecule has 195 valence electrons. The zero-order valence-electron chi connectivity index (χ0n) is 24.7. The fourth-order valence-electron chi connectivity index (χ4n) is 4.12. The van der Waals surface area contributed by atoms with Crippen LogP contribution in [0.4, 0.5) is 0 Å². The average molecular weight is 558 g/mol. The molecule has 2 heteroatoms. The first-order chi connectivity index (χ1) is 16.4. The van der Waals surface area contributed by atoms with Crippen molar-refractivity contribution in [3.8, 4) is 0 Å². The van der Waals surface area contributed by atoms with Gasteiger partial charge in [0.05, 0.1) is 0 Å². The van der Waals surface area contributed by atoms with Crippen molar-refractivity contribution >= 4 is 28.0 Å². The molecule has 0 spiro atoms. The van der Waals surface area contributed by atoms with E-state index in [0.717, 1.165) is 0 Å². The van der Waals surface area contributed by atoms with Crippen molar-refractivity contribution in [2.75, 3.05) is 0 Å². The van der Waals surface area contributed by atoms with E-state index < -0.39 is 6.15 Å². The molecule has 4 aromatic rings. The van der Waals surface area contributed by atoms with Gasteiger partial charge in [0.25, 0.3) is 0 Å². The van der Waals surface area contributed by atoms with Gasteiger partial charge < -0.3 is 14.9 Å². The Bertz CT molecular complexity index is 760. The Kier molecular flexibility index (Phi) is 29.9. The van der Waals surface area contributed by atoms with E-state index >= 15 is 0 Å². The molecule has 0 unspecified atom stereocenters. The van der Waals surface area contributed by atoms with E-state index in [1.807, 2.05) is 55.4 Å². The second-order valence-electron chi connectivity index (χ2n) is 6.51. The molecule has 0 aliphatic carbocycles. The molecule has 0 aliphatic heterocycles. The minimum atomic E-state index is -1.22. The third-order valence-electron chi connectivity index (χ3n) is 5.20. The molecule has 0 N–H and O–H groups in total. The van der Waals surface area contributed by atoms with E-state index in [2.05, 4.69) is 121 Å². The van der Waals surface area contributed by atoms with Gasteiger partial charge in [-0.2, -0.15) is 21.9 Å². The van der Waals surface area contributed by atoms with E-state index in [1.165, 1.54) is 21.9 Å². The maximum atomic E-state index is 2.26. The van der Waals surface area contributed by atoms with Crippen molar-refractivity contribution in [3.63, 3.8) is 0 Å². The standard InChI is InChI=1S/C24H20B.4C2H6.2CH3.Y/c1-5-13-21(14-6-1)25(22-15-7-2-8-16-22,23-17-9-3-10-18-23)24-19-11-4-12-20-24;4*1-2;;;/h1-20H;4*1-2H3;2*1H3;/q-1;;;;;2*-1;. The fraction of sp³-hybridized carbons (Fsp3) is 0.235. The predicted octanol–water partition coefficient (Wildman–Crippen LogP) is 8.07. The summed E-state index contributed by atoms with van der Waals surface area (Å²) in [5.74, 6) is 0. The number of rotatable bonds is 4. The molecule has 0 saturated heterocycles. The summed E-state index contributed by atoms with van der Waals surface area (Å²) in [6, 6.07) is 43.5. The smallest absolute Gasteiger partial charge is 0.108 e. The van der Waals surface area contributed by atoms with Gasteiger partial charge in [-0.25, -0.2) is 0 Å². The third kappa shape index (κ3) is 10.6. The summed E-state index contributed by atoms with van der Waals surface area (Å²) in [6.45, 7) is 16.0. The van der Waals surface area contributed by atoms with Crippen LogP contribution in [-0.2, 0) is 32.7 Å². The molecular formula is C34H50BY-3. The molecule has 4 aromatic carbocycles. The van der Waals surface area contributed by atoms with Crippen molar-refractivity contribution in [1.82, 2.24) is 0 Å². The topological polar surface area (TPSA) is 0 Å². The van der Waals surface area contributed by atoms with Crippen LogP contribution in [-0.4, -0.2) is 6.15 Å². The summed E-state index contributed by atoms with van der Waals surface area (Å²) in [6.07, 6.45) is -1.22. The van der Waals surface area contributed by atoms with Gasteiger partial charge in [0.1, 0.15) is 6.15 Å². The van der Waals surface area contributed by atoms with E-state index in [4.69, 9.17) is 0 Å². The van der Waals surface area contributed by atoms with Crippen molar-refractivity contribution in [3.05, 3.63) is 136 Å². The van der Waals surface area contributed by atoms with Gasteiger partial charge in [0.15, 0.2) is 0 Å². The van der Waals surface area contributed by atoms with E-state index in [0.29, 0.717) is 0 Å². The summed E-state index contributed by atoms with van der Waals surface area (Å²) in [7, 11) is 0. The average Bonchev–Trinajstić information content (AvgIpc) is 2.96. The molecule has 4 rings (SSSR count). The van der Waals surface area contributed by atoms with E-state index in [9.17, 15) is 0 Å². The molecule has 36 heavy (non-hydrogen) atoms. The first-order valence-electron chi connectivity index (χ1n) is 12.8. The number of benzene rings is 4. The molecule has 0 nitrogen and oxygen atoms in total. The Labute approximate surface area is 250 Å². The number of hydrogen-bond acceptors (Lipinski definition) is 0. The van der Waals surface area contributed by atoms with Crippen LogP contribution >= 0.6 is 0 Å². The molecule has 0 amide bonds. The molecule has 0 aromatic heterocycles. The van der Waals surface area contributed by atoms with Crippen LogP contribution in [0, 0.1) is 14.9 Å². The Morgan fingerprint density at radius 2 is 0.444 bits per heavy atom. The molecule has 0 aliphatic rings. The SMILES string of the molecule is CC.CC.CC.CC.[CH3-].[CH3-].[Y].c1ccc([B-](c2ccccc2)(c2ccccc2)c2ccccc2)cc1. The van der Waals surface area contributed by atoms with Crippen LogP contribution in [0.15, 0.2) is 121 Å². The number of hydrogen-bond donors (Lipinski definition) is 0. The van der Waals surface area contributed by atoms with Gasteiger partial charge in [0.2, 0.25) is 0 Å². The zero-order valence-corrected chi connectivity index (χ0v) is 27.5. The Morgan fingerprint density at radius 1 is 0.306 bits per heavy atom. The van der Waals surface area contributed by atoms with Crippen LogP contribution in [0.1, 0.15) is 55.4 Å². The normalized spacial score (nSPS) is 8.44. The molecule has 0 atom stereocenters. The van der Waals surface area contributed by atoms with E-state index in [-0.39, 0.29) is 47.6 Å². The monoisotopic (exact) mass is 558 g/mol. The van der Waals surface area contributed by atoms with Crippen molar-refractivity contribution in [2.24, 2.45) is 0 Å². The summed E-state index contributed by atoms with van der Waals surface area (Å²) < 4.78 is 0. The van der Waals surface area contributed by atoms with Crippen LogP contribution in [0.3, 0.4) is 0 Å². The molecule has 0 fully saturated rings. The first-order valence-corrected chi connectivity index (χ1v) is 12.8. The minimum absolute atomic E-state index is 0. The molecular weight excluding hydrogens is 508 g/mol. The largest absolute Gasteiger partial charge is 0.358 e. The maximum absolute atomic E-state index is 2.26. The van der Waals surface area contributed by atoms with Crippen LogP contribution in [0.5, 0.6) is 0 Å². The summed E-state index contributed by atoms with van der Waals surface area (Å²) in [5.41, 5.74) is 5.36. The molecule has 0 bridgehead atoms. The molecule has 0 heterocycles. The second kappa shape index (κ2) is 26.1. The second-order valence-corrected chi connectivity index (χ2v) is 6.51. The van der Waals surface area contributed by atoms with Crippen molar-refractivity contribution in [1.29, 1.82) is 0 Å². The predicted molar refractivity (Wildman–Crippen MR) is 168 cm³/mol. The fourth-order valence-corrected chi connectivity index (χ4v) is 4.12. The zero-order chi connectivity index (χ0) is 25.0. The first kappa shape index (κ1) is 41.2.